The topological polar surface area (TPSA) is 79.3 Å². The van der Waals surface area contributed by atoms with E-state index in [0.29, 0.717) is 0 Å². The second-order valence-electron chi connectivity index (χ2n) is 2.51. The zero-order valence-corrected chi connectivity index (χ0v) is 8.23. The standard InChI is InChI=1S/C9H7ClN2O3/c10-6-2-1-3-7(11-6)12-8(13)4-5-9(14)15/h1-5H,(H,14,15)(H,11,12,13)/b5-4+. The first kappa shape index (κ1) is 11.2. The summed E-state index contributed by atoms with van der Waals surface area (Å²) < 4.78 is 0. The summed E-state index contributed by atoms with van der Waals surface area (Å²) in [6.07, 6.45) is 1.63. The van der Waals surface area contributed by atoms with Crippen molar-refractivity contribution >= 4 is 29.3 Å². The number of carbonyl (C=O) groups excluding carboxylic acids is 1. The minimum atomic E-state index is -1.19. The molecular formula is C9H7ClN2O3. The minimum absolute atomic E-state index is 0.245. The molecule has 0 bridgehead atoms. The Balaban J connectivity index is 2.63. The average Bonchev–Trinajstić information content (AvgIpc) is 2.15. The number of aromatic nitrogens is 1. The van der Waals surface area contributed by atoms with E-state index in [1.54, 1.807) is 18.2 Å². The first-order valence-electron chi connectivity index (χ1n) is 3.92. The highest BCUT2D eigenvalue weighted by Crippen LogP contribution is 2.08. The van der Waals surface area contributed by atoms with Crippen LogP contribution in [-0.2, 0) is 9.59 Å². The third-order valence-electron chi connectivity index (χ3n) is 1.34. The van der Waals surface area contributed by atoms with Crippen LogP contribution in [0.3, 0.4) is 0 Å². The number of aliphatic carboxylic acids is 1. The lowest BCUT2D eigenvalue weighted by Gasteiger charge is -2.00. The number of nitrogens with one attached hydrogen (secondary N) is 1. The lowest BCUT2D eigenvalue weighted by Crippen LogP contribution is -2.09. The highest BCUT2D eigenvalue weighted by Gasteiger charge is 2.00. The fourth-order valence-electron chi connectivity index (χ4n) is 0.793. The van der Waals surface area contributed by atoms with E-state index < -0.39 is 11.9 Å². The summed E-state index contributed by atoms with van der Waals surface area (Å²) in [5.74, 6) is -1.50. The van der Waals surface area contributed by atoms with Gasteiger partial charge in [-0.2, -0.15) is 0 Å². The molecule has 1 heterocycles. The van der Waals surface area contributed by atoms with Gasteiger partial charge in [0.25, 0.3) is 0 Å². The van der Waals surface area contributed by atoms with Gasteiger partial charge in [-0.25, -0.2) is 9.78 Å². The number of amides is 1. The Bertz CT molecular complexity index is 418. The molecule has 0 aliphatic rings. The summed E-state index contributed by atoms with van der Waals surface area (Å²) in [4.78, 5) is 25.0. The Morgan fingerprint density at radius 3 is 2.73 bits per heavy atom. The van der Waals surface area contributed by atoms with Gasteiger partial charge in [0, 0.05) is 12.2 Å². The smallest absolute Gasteiger partial charge is 0.328 e. The van der Waals surface area contributed by atoms with Gasteiger partial charge < -0.3 is 10.4 Å². The van der Waals surface area contributed by atoms with Gasteiger partial charge in [-0.15, -0.1) is 0 Å². The molecule has 0 saturated heterocycles. The predicted octanol–water partition coefficient (Wildman–Crippen LogP) is 1.31. The maximum absolute atomic E-state index is 11.1. The van der Waals surface area contributed by atoms with Gasteiger partial charge in [0.2, 0.25) is 5.91 Å². The molecule has 0 unspecified atom stereocenters. The highest BCUT2D eigenvalue weighted by atomic mass is 35.5. The summed E-state index contributed by atoms with van der Waals surface area (Å²) in [7, 11) is 0. The number of hydrogen-bond acceptors (Lipinski definition) is 3. The molecule has 0 fully saturated rings. The molecule has 1 aromatic heterocycles. The van der Waals surface area contributed by atoms with Crippen molar-refractivity contribution in [2.75, 3.05) is 5.32 Å². The van der Waals surface area contributed by atoms with E-state index in [2.05, 4.69) is 10.3 Å². The molecule has 0 atom stereocenters. The number of carboxylic acids is 1. The third kappa shape index (κ3) is 4.24. The number of nitrogens with zero attached hydrogens (tertiary/aromatic N) is 1. The molecule has 0 aromatic carbocycles. The Labute approximate surface area is 90.4 Å². The van der Waals surface area contributed by atoms with Crippen molar-refractivity contribution in [1.82, 2.24) is 4.98 Å². The van der Waals surface area contributed by atoms with Crippen LogP contribution in [0.25, 0.3) is 0 Å². The van der Waals surface area contributed by atoms with Gasteiger partial charge in [0.15, 0.2) is 0 Å². The largest absolute Gasteiger partial charge is 0.478 e. The summed E-state index contributed by atoms with van der Waals surface area (Å²) in [6, 6.07) is 4.72. The summed E-state index contributed by atoms with van der Waals surface area (Å²) in [6.45, 7) is 0. The van der Waals surface area contributed by atoms with Gasteiger partial charge in [-0.1, -0.05) is 17.7 Å². The lowest BCUT2D eigenvalue weighted by atomic mass is 10.4. The first-order valence-corrected chi connectivity index (χ1v) is 4.30. The average molecular weight is 227 g/mol. The molecule has 2 N–H and O–H groups in total. The Kier molecular flexibility index (Phi) is 3.82. The molecule has 0 spiro atoms. The molecule has 1 amide bonds. The van der Waals surface area contributed by atoms with Gasteiger partial charge in [-0.3, -0.25) is 4.79 Å². The van der Waals surface area contributed by atoms with Crippen LogP contribution in [0.2, 0.25) is 5.15 Å². The highest BCUT2D eigenvalue weighted by molar-refractivity contribution is 6.29. The van der Waals surface area contributed by atoms with Crippen molar-refractivity contribution in [3.05, 3.63) is 35.5 Å². The molecule has 1 aromatic rings. The van der Waals surface area contributed by atoms with Crippen molar-refractivity contribution in [3.63, 3.8) is 0 Å². The molecule has 78 valence electrons. The lowest BCUT2D eigenvalue weighted by molar-refractivity contribution is -0.131. The van der Waals surface area contributed by atoms with Crippen molar-refractivity contribution in [1.29, 1.82) is 0 Å². The maximum Gasteiger partial charge on any atom is 0.328 e. The number of halogens is 1. The second kappa shape index (κ2) is 5.11. The van der Waals surface area contributed by atoms with Crippen molar-refractivity contribution in [2.24, 2.45) is 0 Å². The van der Waals surface area contributed by atoms with Crippen molar-refractivity contribution in [2.45, 2.75) is 0 Å². The van der Waals surface area contributed by atoms with Crippen LogP contribution in [0.15, 0.2) is 30.4 Å². The number of carboxylic acid groups (broad SMARTS) is 1. The fraction of sp³-hybridized carbons (Fsp3) is 0. The summed E-state index contributed by atoms with van der Waals surface area (Å²) in [5, 5.41) is 10.9. The van der Waals surface area contributed by atoms with Crippen LogP contribution in [-0.4, -0.2) is 22.0 Å². The summed E-state index contributed by atoms with van der Waals surface area (Å²) in [5.41, 5.74) is 0. The number of pyridine rings is 1. The Morgan fingerprint density at radius 1 is 1.40 bits per heavy atom. The van der Waals surface area contributed by atoms with E-state index in [9.17, 15) is 9.59 Å². The van der Waals surface area contributed by atoms with E-state index in [4.69, 9.17) is 16.7 Å². The van der Waals surface area contributed by atoms with Crippen molar-refractivity contribution in [3.8, 4) is 0 Å². The number of anilines is 1. The molecule has 5 nitrogen and oxygen atoms in total. The fourth-order valence-corrected chi connectivity index (χ4v) is 0.957. The van der Waals surface area contributed by atoms with Crippen LogP contribution >= 0.6 is 11.6 Å². The SMILES string of the molecule is O=C(O)/C=C/C(=O)Nc1cccc(Cl)n1. The van der Waals surface area contributed by atoms with Crippen LogP contribution in [0, 0.1) is 0 Å². The second-order valence-corrected chi connectivity index (χ2v) is 2.89. The molecule has 1 rings (SSSR count). The first-order chi connectivity index (χ1) is 7.08. The molecular weight excluding hydrogens is 220 g/mol. The Morgan fingerprint density at radius 2 is 2.13 bits per heavy atom. The normalized spacial score (nSPS) is 10.2. The molecule has 0 saturated carbocycles. The van der Waals surface area contributed by atoms with E-state index in [0.717, 1.165) is 12.2 Å². The minimum Gasteiger partial charge on any atom is -0.478 e. The van der Waals surface area contributed by atoms with Crippen molar-refractivity contribution < 1.29 is 14.7 Å². The van der Waals surface area contributed by atoms with E-state index in [1.165, 1.54) is 0 Å². The molecule has 0 aliphatic carbocycles. The zero-order valence-electron chi connectivity index (χ0n) is 7.48. The van der Waals surface area contributed by atoms with E-state index >= 15 is 0 Å². The maximum atomic E-state index is 11.1. The quantitative estimate of drug-likeness (QED) is 0.602. The zero-order chi connectivity index (χ0) is 11.3. The molecule has 15 heavy (non-hydrogen) atoms. The van der Waals surface area contributed by atoms with Crippen LogP contribution in [0.5, 0.6) is 0 Å². The van der Waals surface area contributed by atoms with Crippen LogP contribution in [0.1, 0.15) is 0 Å². The van der Waals surface area contributed by atoms with Gasteiger partial charge >= 0.3 is 5.97 Å². The Hall–Kier alpha value is -1.88. The van der Waals surface area contributed by atoms with Crippen LogP contribution < -0.4 is 5.32 Å². The van der Waals surface area contributed by atoms with E-state index in [-0.39, 0.29) is 11.0 Å². The number of rotatable bonds is 3. The molecule has 6 heteroatoms. The van der Waals surface area contributed by atoms with Gasteiger partial charge in [0.1, 0.15) is 11.0 Å². The third-order valence-corrected chi connectivity index (χ3v) is 1.55. The number of hydrogen-bond donors (Lipinski definition) is 2. The number of carbonyl (C=O) groups is 2. The predicted molar refractivity (Wildman–Crippen MR) is 54.7 cm³/mol. The monoisotopic (exact) mass is 226 g/mol. The van der Waals surface area contributed by atoms with Gasteiger partial charge in [-0.05, 0) is 12.1 Å². The molecule has 0 aliphatic heterocycles. The molecule has 0 radical (unpaired) electrons. The van der Waals surface area contributed by atoms with E-state index in [1.807, 2.05) is 0 Å². The summed E-state index contributed by atoms with van der Waals surface area (Å²) >= 11 is 5.58. The van der Waals surface area contributed by atoms with Gasteiger partial charge in [0.05, 0.1) is 0 Å². The van der Waals surface area contributed by atoms with Crippen LogP contribution in [0.4, 0.5) is 5.82 Å².